The van der Waals surface area contributed by atoms with Crippen molar-refractivity contribution in [1.82, 2.24) is 10.1 Å². The van der Waals surface area contributed by atoms with E-state index in [1.165, 1.54) is 12.8 Å². The van der Waals surface area contributed by atoms with Crippen molar-refractivity contribution < 1.29 is 35.5 Å². The SMILES string of the molecule is CC[N+]1(C)CCC(OC(=O)C(c2noc3ccccc23)N2CCCCCC2)CC1.[Br-]. The largest absolute Gasteiger partial charge is 1.00 e. The van der Waals surface area contributed by atoms with Crippen molar-refractivity contribution >= 4 is 16.9 Å². The first kappa shape index (κ1) is 23.2. The smallest absolute Gasteiger partial charge is 0.330 e. The maximum atomic E-state index is 13.4. The van der Waals surface area contributed by atoms with E-state index < -0.39 is 6.04 Å². The van der Waals surface area contributed by atoms with Gasteiger partial charge in [0.15, 0.2) is 11.6 Å². The Bertz CT molecular complexity index is 824. The van der Waals surface area contributed by atoms with Gasteiger partial charge in [0.05, 0.1) is 26.7 Å². The van der Waals surface area contributed by atoms with E-state index in [1.54, 1.807) is 0 Å². The number of carbonyl (C=O) groups excluding carboxylic acids is 1. The zero-order chi connectivity index (χ0) is 20.3. The molecule has 2 saturated heterocycles. The number of carbonyl (C=O) groups is 1. The van der Waals surface area contributed by atoms with Crippen LogP contribution in [-0.4, -0.2) is 66.4 Å². The first-order chi connectivity index (χ1) is 14.1. The van der Waals surface area contributed by atoms with E-state index in [9.17, 15) is 4.79 Å². The van der Waals surface area contributed by atoms with Gasteiger partial charge in [-0.3, -0.25) is 4.90 Å². The summed E-state index contributed by atoms with van der Waals surface area (Å²) in [5, 5.41) is 5.25. The molecule has 2 aliphatic heterocycles. The van der Waals surface area contributed by atoms with Gasteiger partial charge >= 0.3 is 5.97 Å². The van der Waals surface area contributed by atoms with Crippen molar-refractivity contribution in [1.29, 1.82) is 0 Å². The van der Waals surface area contributed by atoms with Crippen LogP contribution >= 0.6 is 0 Å². The van der Waals surface area contributed by atoms with Gasteiger partial charge in [0.2, 0.25) is 0 Å². The van der Waals surface area contributed by atoms with Crippen LogP contribution in [0.15, 0.2) is 28.8 Å². The highest BCUT2D eigenvalue weighted by atomic mass is 79.9. The van der Waals surface area contributed by atoms with E-state index in [4.69, 9.17) is 9.26 Å². The van der Waals surface area contributed by atoms with Crippen molar-refractivity contribution in [3.05, 3.63) is 30.0 Å². The highest BCUT2D eigenvalue weighted by Crippen LogP contribution is 2.32. The van der Waals surface area contributed by atoms with Crippen molar-refractivity contribution in [2.24, 2.45) is 0 Å². The molecule has 4 rings (SSSR count). The minimum Gasteiger partial charge on any atom is -1.00 e. The molecule has 1 atom stereocenters. The fraction of sp³-hybridized carbons (Fsp3) is 0.652. The standard InChI is InChI=1S/C23H34N3O3.BrH/c1-3-26(2)16-12-18(13-17-26)28-23(27)22(25-14-8-4-5-9-15-25)21-19-10-6-7-11-20(19)29-24-21;/h6-7,10-11,18,22H,3-5,8-9,12-17H2,1-2H3;1H/q+1;/p-1. The van der Waals surface area contributed by atoms with E-state index in [1.807, 2.05) is 24.3 Å². The Morgan fingerprint density at radius 3 is 2.53 bits per heavy atom. The van der Waals surface area contributed by atoms with Crippen molar-refractivity contribution in [2.75, 3.05) is 39.8 Å². The van der Waals surface area contributed by atoms with Gasteiger partial charge in [-0.1, -0.05) is 30.1 Å². The normalized spacial score (nSPS) is 26.5. The number of aromatic nitrogens is 1. The molecule has 2 aromatic rings. The van der Waals surface area contributed by atoms with E-state index in [0.29, 0.717) is 5.69 Å². The van der Waals surface area contributed by atoms with Crippen LogP contribution in [0.3, 0.4) is 0 Å². The summed E-state index contributed by atoms with van der Waals surface area (Å²) in [4.78, 5) is 15.7. The van der Waals surface area contributed by atoms with E-state index >= 15 is 0 Å². The number of hydrogen-bond acceptors (Lipinski definition) is 5. The van der Waals surface area contributed by atoms with Gasteiger partial charge in [0, 0.05) is 18.2 Å². The predicted molar refractivity (Wildman–Crippen MR) is 112 cm³/mol. The number of benzene rings is 1. The fourth-order valence-corrected chi connectivity index (χ4v) is 4.72. The number of quaternary nitrogens is 1. The lowest BCUT2D eigenvalue weighted by Gasteiger charge is -2.40. The molecule has 0 spiro atoms. The number of hydrogen-bond donors (Lipinski definition) is 0. The summed E-state index contributed by atoms with van der Waals surface area (Å²) in [6.07, 6.45) is 6.52. The Balaban J connectivity index is 0.00000256. The lowest BCUT2D eigenvalue weighted by Crippen LogP contribution is -3.00. The molecule has 0 N–H and O–H groups in total. The summed E-state index contributed by atoms with van der Waals surface area (Å²) in [5.41, 5.74) is 1.43. The zero-order valence-electron chi connectivity index (χ0n) is 18.2. The Hall–Kier alpha value is -1.44. The van der Waals surface area contributed by atoms with Gasteiger partial charge in [0.1, 0.15) is 11.8 Å². The molecule has 0 aliphatic carbocycles. The molecule has 2 aliphatic rings. The Labute approximate surface area is 189 Å². The van der Waals surface area contributed by atoms with Crippen LogP contribution in [0.4, 0.5) is 0 Å². The molecule has 7 heteroatoms. The summed E-state index contributed by atoms with van der Waals surface area (Å²) in [6, 6.07) is 7.32. The topological polar surface area (TPSA) is 55.6 Å². The zero-order valence-corrected chi connectivity index (χ0v) is 19.8. The van der Waals surface area contributed by atoms with Gasteiger partial charge in [-0.15, -0.1) is 0 Å². The van der Waals surface area contributed by atoms with E-state index in [-0.39, 0.29) is 29.1 Å². The van der Waals surface area contributed by atoms with Gasteiger partial charge in [-0.05, 0) is 45.0 Å². The van der Waals surface area contributed by atoms with Crippen molar-refractivity contribution in [3.63, 3.8) is 0 Å². The number of rotatable bonds is 5. The number of para-hydroxylation sites is 1. The van der Waals surface area contributed by atoms with Gasteiger partial charge in [-0.2, -0.15) is 0 Å². The number of nitrogens with zero attached hydrogens (tertiary/aromatic N) is 3. The summed E-state index contributed by atoms with van der Waals surface area (Å²) < 4.78 is 12.7. The van der Waals surface area contributed by atoms with Gasteiger partial charge in [-0.25, -0.2) is 4.79 Å². The Kier molecular flexibility index (Phi) is 7.93. The molecule has 3 heterocycles. The molecule has 30 heavy (non-hydrogen) atoms. The van der Waals surface area contributed by atoms with Gasteiger partial charge < -0.3 is 30.7 Å². The summed E-state index contributed by atoms with van der Waals surface area (Å²) in [6.45, 7) is 7.29. The van der Waals surface area contributed by atoms with Crippen molar-refractivity contribution in [2.45, 2.75) is 57.6 Å². The summed E-state index contributed by atoms with van der Waals surface area (Å²) in [5.74, 6) is -0.163. The van der Waals surface area contributed by atoms with Crippen LogP contribution in [0.2, 0.25) is 0 Å². The van der Waals surface area contributed by atoms with Crippen LogP contribution in [0.1, 0.15) is 57.2 Å². The Morgan fingerprint density at radius 1 is 1.20 bits per heavy atom. The number of piperidine rings is 1. The molecule has 2 fully saturated rings. The first-order valence-corrected chi connectivity index (χ1v) is 11.2. The van der Waals surface area contributed by atoms with Crippen LogP contribution in [0.25, 0.3) is 11.0 Å². The van der Waals surface area contributed by atoms with Gasteiger partial charge in [0.25, 0.3) is 0 Å². The number of halogens is 1. The van der Waals surface area contributed by atoms with Crippen LogP contribution in [0, 0.1) is 0 Å². The second kappa shape index (κ2) is 10.2. The molecule has 0 bridgehead atoms. The number of likely N-dealkylation sites (tertiary alicyclic amines) is 2. The van der Waals surface area contributed by atoms with E-state index in [0.717, 1.165) is 73.9 Å². The Morgan fingerprint density at radius 2 is 1.87 bits per heavy atom. The maximum Gasteiger partial charge on any atom is 0.330 e. The lowest BCUT2D eigenvalue weighted by atomic mass is 10.0. The molecule has 0 radical (unpaired) electrons. The average molecular weight is 480 g/mol. The third-order valence-corrected chi connectivity index (χ3v) is 6.92. The highest BCUT2D eigenvalue weighted by Gasteiger charge is 2.37. The molecular formula is C23H34BrN3O3. The number of ether oxygens (including phenoxy) is 1. The lowest BCUT2D eigenvalue weighted by molar-refractivity contribution is -0.913. The quantitative estimate of drug-likeness (QED) is 0.471. The minimum absolute atomic E-state index is 0. The number of esters is 1. The molecule has 1 aromatic heterocycles. The molecule has 166 valence electrons. The minimum atomic E-state index is -0.481. The molecule has 1 unspecified atom stereocenters. The maximum absolute atomic E-state index is 13.4. The highest BCUT2D eigenvalue weighted by molar-refractivity contribution is 5.87. The summed E-state index contributed by atoms with van der Waals surface area (Å²) >= 11 is 0. The second-order valence-corrected chi connectivity index (χ2v) is 8.94. The average Bonchev–Trinajstić information content (AvgIpc) is 2.97. The molecule has 0 amide bonds. The van der Waals surface area contributed by atoms with E-state index in [2.05, 4.69) is 24.0 Å². The van der Waals surface area contributed by atoms with Crippen LogP contribution < -0.4 is 17.0 Å². The predicted octanol–water partition coefficient (Wildman–Crippen LogP) is 0.921. The van der Waals surface area contributed by atoms with Crippen LogP contribution in [-0.2, 0) is 9.53 Å². The first-order valence-electron chi connectivity index (χ1n) is 11.2. The fourth-order valence-electron chi connectivity index (χ4n) is 4.72. The third kappa shape index (κ3) is 5.06. The molecule has 1 aromatic carbocycles. The molecule has 6 nitrogen and oxygen atoms in total. The molecule has 0 saturated carbocycles. The van der Waals surface area contributed by atoms with Crippen molar-refractivity contribution in [3.8, 4) is 0 Å². The third-order valence-electron chi connectivity index (χ3n) is 6.92. The molecular weight excluding hydrogens is 446 g/mol. The summed E-state index contributed by atoms with van der Waals surface area (Å²) in [7, 11) is 2.29. The second-order valence-electron chi connectivity index (χ2n) is 8.94. The monoisotopic (exact) mass is 479 g/mol. The van der Waals surface area contributed by atoms with Crippen LogP contribution in [0.5, 0.6) is 0 Å². The number of fused-ring (bicyclic) bond motifs is 1.